The number of hydrogen-bond donors (Lipinski definition) is 1. The molecule has 0 aliphatic rings. The van der Waals surface area contributed by atoms with Crippen LogP contribution < -0.4 is 0 Å². The third-order valence-electron chi connectivity index (χ3n) is 0. The fourth-order valence-electron chi connectivity index (χ4n) is 0. The van der Waals surface area contributed by atoms with Gasteiger partial charge in [0.25, 0.3) is 0 Å². The zero-order valence-corrected chi connectivity index (χ0v) is 2.76. The number of hydrogen-bond acceptors (Lipinski definition) is 1. The normalized spacial score (nSPS) is 4.50. The summed E-state index contributed by atoms with van der Waals surface area (Å²) in [5.41, 5.74) is 0. The Kier molecular flexibility index (Phi) is 20.2. The van der Waals surface area contributed by atoms with Gasteiger partial charge in [-0.15, -0.1) is 0 Å². The molecule has 4 heavy (non-hydrogen) atoms. The van der Waals surface area contributed by atoms with Crippen LogP contribution in [0.4, 0.5) is 0 Å². The van der Waals surface area contributed by atoms with Crippen molar-refractivity contribution >= 4 is 50.4 Å². The van der Waals surface area contributed by atoms with Crippen LogP contribution in [0.25, 0.3) is 0 Å². The van der Waals surface area contributed by atoms with Gasteiger partial charge < -0.3 is 0 Å². The van der Waals surface area contributed by atoms with Crippen molar-refractivity contribution in [2.24, 2.45) is 0 Å². The molecule has 0 aromatic rings. The summed E-state index contributed by atoms with van der Waals surface area (Å²) in [6, 6.07) is 0. The predicted molar refractivity (Wildman–Crippen MR) is 27.8 cm³/mol. The first kappa shape index (κ1) is 9.15. The van der Waals surface area contributed by atoms with E-state index < -0.39 is 0 Å². The number of thiol groups is 1. The summed E-state index contributed by atoms with van der Waals surface area (Å²) in [5, 5.41) is 0. The molecule has 0 heterocycles. The molecular formula is C2H7CaS. The third-order valence-corrected chi connectivity index (χ3v) is 0. The predicted octanol–water partition coefficient (Wildman–Crippen LogP) is -0.166. The van der Waals surface area contributed by atoms with Crippen molar-refractivity contribution in [3.05, 3.63) is 6.92 Å². The second-order valence-corrected chi connectivity index (χ2v) is 0.671. The van der Waals surface area contributed by atoms with Crippen LogP contribution in [0.3, 0.4) is 0 Å². The molecule has 0 unspecified atom stereocenters. The zero-order valence-electron chi connectivity index (χ0n) is 1.86. The molecule has 0 aromatic carbocycles. The van der Waals surface area contributed by atoms with Gasteiger partial charge in [0.2, 0.25) is 0 Å². The maximum absolute atomic E-state index is 3.68. The van der Waals surface area contributed by atoms with Crippen molar-refractivity contribution in [3.8, 4) is 0 Å². The van der Waals surface area contributed by atoms with Crippen molar-refractivity contribution in [2.45, 2.75) is 0 Å². The summed E-state index contributed by atoms with van der Waals surface area (Å²) in [6.07, 6.45) is 0. The quantitative estimate of drug-likeness (QED) is 0.319. The second-order valence-electron chi connectivity index (χ2n) is 0.224. The first-order valence-corrected chi connectivity index (χ1v) is 1.45. The molecule has 0 amide bonds. The molecule has 0 rings (SSSR count). The van der Waals surface area contributed by atoms with Gasteiger partial charge in [0.15, 0.2) is 0 Å². The Morgan fingerprint density at radius 1 is 1.75 bits per heavy atom. The summed E-state index contributed by atoms with van der Waals surface area (Å²) < 4.78 is 0. The van der Waals surface area contributed by atoms with Gasteiger partial charge in [-0.1, -0.05) is 0 Å². The molecule has 0 fully saturated rings. The molecule has 23 valence electrons. The molecule has 0 saturated carbocycles. The molecule has 0 N–H and O–H groups in total. The zero-order chi connectivity index (χ0) is 2.71. The first-order chi connectivity index (χ1) is 1.41. The van der Waals surface area contributed by atoms with E-state index in [1.54, 1.807) is 0 Å². The van der Waals surface area contributed by atoms with Gasteiger partial charge in [-0.3, -0.25) is 0 Å². The fraction of sp³-hybridized carbons (Fsp3) is 0.500. The summed E-state index contributed by atoms with van der Waals surface area (Å²) in [6.45, 7) is 3.35. The molecule has 2 heteroatoms. The second kappa shape index (κ2) is 8.82. The average Bonchev–Trinajstić information content (AvgIpc) is 0.918. The monoisotopic (exact) mass is 103 g/mol. The Labute approximate surface area is 62.4 Å². The molecule has 0 nitrogen and oxygen atoms in total. The van der Waals surface area contributed by atoms with Crippen LogP contribution in [0.15, 0.2) is 0 Å². The van der Waals surface area contributed by atoms with Gasteiger partial charge in [0, 0.05) is 0 Å². The first-order valence-electron chi connectivity index (χ1n) is 0.816. The van der Waals surface area contributed by atoms with Crippen molar-refractivity contribution in [3.63, 3.8) is 0 Å². The Balaban J connectivity index is 0. The van der Waals surface area contributed by atoms with Gasteiger partial charge in [0.1, 0.15) is 0 Å². The van der Waals surface area contributed by atoms with Gasteiger partial charge in [-0.05, 0) is 12.7 Å². The molecule has 0 saturated heterocycles. The average molecular weight is 103 g/mol. The molecule has 1 radical (unpaired) electrons. The Hall–Kier alpha value is 1.61. The van der Waals surface area contributed by atoms with Crippen LogP contribution in [-0.2, 0) is 0 Å². The van der Waals surface area contributed by atoms with E-state index >= 15 is 0 Å². The molecule has 0 spiro atoms. The van der Waals surface area contributed by atoms with E-state index in [-0.39, 0.29) is 37.7 Å². The van der Waals surface area contributed by atoms with E-state index in [1.807, 2.05) is 0 Å². The molecule has 0 aliphatic heterocycles. The van der Waals surface area contributed by atoms with Crippen molar-refractivity contribution in [1.29, 1.82) is 0 Å². The van der Waals surface area contributed by atoms with Crippen molar-refractivity contribution < 1.29 is 0 Å². The van der Waals surface area contributed by atoms with Crippen molar-refractivity contribution in [2.75, 3.05) is 5.75 Å². The standard InChI is InChI=1S/C2H5S.Ca.2H/c1-2-3;;;/h3H,1-2H2;;;. The molecule has 0 aromatic heterocycles. The van der Waals surface area contributed by atoms with Gasteiger partial charge in [0.05, 0.1) is 0 Å². The summed E-state index contributed by atoms with van der Waals surface area (Å²) in [7, 11) is 0. The van der Waals surface area contributed by atoms with Crippen LogP contribution >= 0.6 is 12.6 Å². The van der Waals surface area contributed by atoms with E-state index in [0.29, 0.717) is 5.75 Å². The third kappa shape index (κ3) is 9.49. The SMILES string of the molecule is [CH2]CS.[CaH2]. The van der Waals surface area contributed by atoms with E-state index in [9.17, 15) is 0 Å². The van der Waals surface area contributed by atoms with Crippen molar-refractivity contribution in [1.82, 2.24) is 0 Å². The molecule has 0 aliphatic carbocycles. The molecule has 0 bridgehead atoms. The topological polar surface area (TPSA) is 0 Å². The minimum atomic E-state index is 0. The summed E-state index contributed by atoms with van der Waals surface area (Å²) in [5.74, 6) is 0.694. The Morgan fingerprint density at radius 2 is 1.75 bits per heavy atom. The van der Waals surface area contributed by atoms with Crippen LogP contribution in [-0.4, -0.2) is 43.5 Å². The van der Waals surface area contributed by atoms with Gasteiger partial charge >= 0.3 is 37.7 Å². The molecule has 0 atom stereocenters. The van der Waals surface area contributed by atoms with E-state index in [0.717, 1.165) is 0 Å². The van der Waals surface area contributed by atoms with Crippen LogP contribution in [0.5, 0.6) is 0 Å². The van der Waals surface area contributed by atoms with E-state index in [1.165, 1.54) is 0 Å². The van der Waals surface area contributed by atoms with E-state index in [2.05, 4.69) is 19.6 Å². The Bertz CT molecular complexity index is 6.00. The minimum absolute atomic E-state index is 0. The number of rotatable bonds is 0. The fourth-order valence-corrected chi connectivity index (χ4v) is 0. The molecular weight excluding hydrogens is 96.2 g/mol. The van der Waals surface area contributed by atoms with Crippen LogP contribution in [0.1, 0.15) is 0 Å². The summed E-state index contributed by atoms with van der Waals surface area (Å²) in [4.78, 5) is 0. The maximum atomic E-state index is 3.68. The van der Waals surface area contributed by atoms with Gasteiger partial charge in [-0.2, -0.15) is 12.6 Å². The Morgan fingerprint density at radius 3 is 1.75 bits per heavy atom. The van der Waals surface area contributed by atoms with E-state index in [4.69, 9.17) is 0 Å². The van der Waals surface area contributed by atoms with Gasteiger partial charge in [-0.25, -0.2) is 0 Å². The summed E-state index contributed by atoms with van der Waals surface area (Å²) >= 11 is 3.68. The van der Waals surface area contributed by atoms with Crippen LogP contribution in [0.2, 0.25) is 0 Å². The van der Waals surface area contributed by atoms with Crippen LogP contribution in [0, 0.1) is 6.92 Å².